The fourth-order valence-corrected chi connectivity index (χ4v) is 2.88. The molecule has 0 saturated heterocycles. The van der Waals surface area contributed by atoms with Crippen molar-refractivity contribution < 1.29 is 4.74 Å². The van der Waals surface area contributed by atoms with Crippen LogP contribution in [0.15, 0.2) is 12.1 Å². The summed E-state index contributed by atoms with van der Waals surface area (Å²) >= 11 is 0. The summed E-state index contributed by atoms with van der Waals surface area (Å²) < 4.78 is 5.99. The predicted molar refractivity (Wildman–Crippen MR) is 69.5 cm³/mol. The fourth-order valence-electron chi connectivity index (χ4n) is 2.88. The van der Waals surface area contributed by atoms with Gasteiger partial charge in [-0.15, -0.1) is 0 Å². The molecule has 2 unspecified atom stereocenters. The predicted octanol–water partition coefficient (Wildman–Crippen LogP) is 3.27. The Morgan fingerprint density at radius 3 is 2.71 bits per heavy atom. The zero-order valence-corrected chi connectivity index (χ0v) is 10.9. The van der Waals surface area contributed by atoms with Crippen molar-refractivity contribution in [2.75, 3.05) is 0 Å². The highest BCUT2D eigenvalue weighted by Gasteiger charge is 2.32. The molecule has 1 heterocycles. The molecule has 2 aliphatic rings. The summed E-state index contributed by atoms with van der Waals surface area (Å²) in [6, 6.07) is 5.68. The Morgan fingerprint density at radius 2 is 2.00 bits per heavy atom. The van der Waals surface area contributed by atoms with Crippen LogP contribution in [0.3, 0.4) is 0 Å². The van der Waals surface area contributed by atoms with Crippen LogP contribution < -0.4 is 10.1 Å². The lowest BCUT2D eigenvalue weighted by atomic mass is 9.92. The van der Waals surface area contributed by atoms with Crippen molar-refractivity contribution in [2.45, 2.75) is 58.2 Å². The van der Waals surface area contributed by atoms with Gasteiger partial charge < -0.3 is 10.1 Å². The van der Waals surface area contributed by atoms with E-state index in [0.717, 1.165) is 18.2 Å². The number of rotatable bonds is 2. The maximum absolute atomic E-state index is 5.99. The Balaban J connectivity index is 1.97. The molecule has 2 atom stereocenters. The minimum Gasteiger partial charge on any atom is -0.490 e. The minimum absolute atomic E-state index is 0.319. The molecular formula is C15H21NO. The molecule has 1 N–H and O–H groups in total. The van der Waals surface area contributed by atoms with E-state index in [0.29, 0.717) is 12.1 Å². The van der Waals surface area contributed by atoms with E-state index < -0.39 is 0 Å². The average molecular weight is 231 g/mol. The van der Waals surface area contributed by atoms with Gasteiger partial charge in [0.15, 0.2) is 0 Å². The lowest BCUT2D eigenvalue weighted by Crippen LogP contribution is -2.33. The molecule has 1 aliphatic carbocycles. The average Bonchev–Trinajstić information content (AvgIpc) is 2.99. The van der Waals surface area contributed by atoms with E-state index in [2.05, 4.69) is 38.2 Å². The molecule has 1 saturated carbocycles. The van der Waals surface area contributed by atoms with Gasteiger partial charge in [-0.2, -0.15) is 0 Å². The van der Waals surface area contributed by atoms with Crippen LogP contribution in [0.1, 0.15) is 48.9 Å². The summed E-state index contributed by atoms with van der Waals surface area (Å²) in [5.41, 5.74) is 4.05. The standard InChI is InChI=1S/C15H21NO/c1-9-6-10(2)15-13(16-12-4-5-12)8-11(3)17-14(15)7-9/h6-7,11-13,16H,4-5,8H2,1-3H3. The highest BCUT2D eigenvalue weighted by Crippen LogP contribution is 2.39. The molecule has 92 valence electrons. The van der Waals surface area contributed by atoms with Crippen LogP contribution in [-0.4, -0.2) is 12.1 Å². The van der Waals surface area contributed by atoms with Gasteiger partial charge >= 0.3 is 0 Å². The van der Waals surface area contributed by atoms with Crippen molar-refractivity contribution >= 4 is 0 Å². The monoisotopic (exact) mass is 231 g/mol. The van der Waals surface area contributed by atoms with Gasteiger partial charge in [-0.1, -0.05) is 6.07 Å². The molecule has 0 aromatic heterocycles. The molecule has 0 bridgehead atoms. The zero-order chi connectivity index (χ0) is 12.0. The van der Waals surface area contributed by atoms with E-state index in [1.165, 1.54) is 29.5 Å². The molecule has 1 fully saturated rings. The number of ether oxygens (including phenoxy) is 1. The lowest BCUT2D eigenvalue weighted by molar-refractivity contribution is 0.165. The minimum atomic E-state index is 0.319. The summed E-state index contributed by atoms with van der Waals surface area (Å²) in [5, 5.41) is 3.76. The summed E-state index contributed by atoms with van der Waals surface area (Å²) in [6.07, 6.45) is 4.09. The first-order valence-corrected chi connectivity index (χ1v) is 6.67. The van der Waals surface area contributed by atoms with E-state index in [-0.39, 0.29) is 0 Å². The molecule has 1 aromatic carbocycles. The second kappa shape index (κ2) is 4.02. The Morgan fingerprint density at radius 1 is 1.24 bits per heavy atom. The topological polar surface area (TPSA) is 21.3 Å². The summed E-state index contributed by atoms with van der Waals surface area (Å²) in [6.45, 7) is 6.51. The molecule has 2 heteroatoms. The van der Waals surface area contributed by atoms with E-state index in [9.17, 15) is 0 Å². The smallest absolute Gasteiger partial charge is 0.125 e. The maximum atomic E-state index is 5.99. The van der Waals surface area contributed by atoms with E-state index in [1.807, 2.05) is 0 Å². The Bertz CT molecular complexity index is 437. The fraction of sp³-hybridized carbons (Fsp3) is 0.600. The quantitative estimate of drug-likeness (QED) is 0.843. The van der Waals surface area contributed by atoms with Crippen molar-refractivity contribution in [1.29, 1.82) is 0 Å². The summed E-state index contributed by atoms with van der Waals surface area (Å²) in [4.78, 5) is 0. The lowest BCUT2D eigenvalue weighted by Gasteiger charge is -2.32. The van der Waals surface area contributed by atoms with Gasteiger partial charge in [-0.3, -0.25) is 0 Å². The van der Waals surface area contributed by atoms with Crippen molar-refractivity contribution in [2.24, 2.45) is 0 Å². The number of benzene rings is 1. The Hall–Kier alpha value is -1.02. The van der Waals surface area contributed by atoms with Gasteiger partial charge in [0, 0.05) is 24.1 Å². The SMILES string of the molecule is Cc1cc(C)c2c(c1)OC(C)CC2NC1CC1. The first kappa shape index (κ1) is 11.1. The van der Waals surface area contributed by atoms with Crippen LogP contribution in [0, 0.1) is 13.8 Å². The zero-order valence-electron chi connectivity index (χ0n) is 10.9. The molecule has 3 rings (SSSR count). The first-order valence-electron chi connectivity index (χ1n) is 6.67. The first-order chi connectivity index (χ1) is 8.13. The Kier molecular flexibility index (Phi) is 2.62. The molecule has 0 spiro atoms. The largest absolute Gasteiger partial charge is 0.490 e. The maximum Gasteiger partial charge on any atom is 0.125 e. The van der Waals surface area contributed by atoms with Crippen LogP contribution in [0.5, 0.6) is 5.75 Å². The molecule has 0 radical (unpaired) electrons. The van der Waals surface area contributed by atoms with Crippen molar-refractivity contribution in [3.63, 3.8) is 0 Å². The second-order valence-corrected chi connectivity index (χ2v) is 5.65. The molecule has 17 heavy (non-hydrogen) atoms. The number of hydrogen-bond donors (Lipinski definition) is 1. The number of nitrogens with one attached hydrogen (secondary N) is 1. The molecule has 0 amide bonds. The van der Waals surface area contributed by atoms with Gasteiger partial charge in [0.05, 0.1) is 6.10 Å². The summed E-state index contributed by atoms with van der Waals surface area (Å²) in [5.74, 6) is 1.10. The third-order valence-corrected chi connectivity index (χ3v) is 3.75. The molecule has 2 nitrogen and oxygen atoms in total. The van der Waals surface area contributed by atoms with Gasteiger partial charge in [0.2, 0.25) is 0 Å². The van der Waals surface area contributed by atoms with Crippen molar-refractivity contribution in [1.82, 2.24) is 5.32 Å². The van der Waals surface area contributed by atoms with Crippen molar-refractivity contribution in [3.8, 4) is 5.75 Å². The highest BCUT2D eigenvalue weighted by molar-refractivity contribution is 5.46. The van der Waals surface area contributed by atoms with Crippen LogP contribution in [0.4, 0.5) is 0 Å². The van der Waals surface area contributed by atoms with Gasteiger partial charge in [-0.05, 0) is 50.8 Å². The summed E-state index contributed by atoms with van der Waals surface area (Å²) in [7, 11) is 0. The molecule has 1 aromatic rings. The third kappa shape index (κ3) is 2.19. The Labute approximate surface area is 103 Å². The van der Waals surface area contributed by atoms with Gasteiger partial charge in [-0.25, -0.2) is 0 Å². The molecule has 1 aliphatic heterocycles. The van der Waals surface area contributed by atoms with E-state index in [4.69, 9.17) is 4.74 Å². The van der Waals surface area contributed by atoms with Crippen molar-refractivity contribution in [3.05, 3.63) is 28.8 Å². The number of fused-ring (bicyclic) bond motifs is 1. The van der Waals surface area contributed by atoms with Gasteiger partial charge in [0.1, 0.15) is 5.75 Å². The van der Waals surface area contributed by atoms with E-state index >= 15 is 0 Å². The second-order valence-electron chi connectivity index (χ2n) is 5.65. The third-order valence-electron chi connectivity index (χ3n) is 3.75. The number of aryl methyl sites for hydroxylation is 2. The van der Waals surface area contributed by atoms with Crippen LogP contribution in [0.25, 0.3) is 0 Å². The van der Waals surface area contributed by atoms with Crippen LogP contribution in [-0.2, 0) is 0 Å². The van der Waals surface area contributed by atoms with Gasteiger partial charge in [0.25, 0.3) is 0 Å². The van der Waals surface area contributed by atoms with E-state index in [1.54, 1.807) is 0 Å². The molecular weight excluding hydrogens is 210 g/mol. The number of hydrogen-bond acceptors (Lipinski definition) is 2. The van der Waals surface area contributed by atoms with Crippen LogP contribution >= 0.6 is 0 Å². The van der Waals surface area contributed by atoms with Crippen LogP contribution in [0.2, 0.25) is 0 Å². The highest BCUT2D eigenvalue weighted by atomic mass is 16.5. The normalized spacial score (nSPS) is 27.5.